The third kappa shape index (κ3) is 4.65. The Balaban J connectivity index is 1.48. The second kappa shape index (κ2) is 7.91. The maximum Gasteiger partial charge on any atom is 0.0566 e. The zero-order chi connectivity index (χ0) is 15.2. The summed E-state index contributed by atoms with van der Waals surface area (Å²) in [6.07, 6.45) is 3.36. The van der Waals surface area contributed by atoms with Crippen LogP contribution in [0.25, 0.3) is 0 Å². The van der Waals surface area contributed by atoms with Crippen LogP contribution in [0.2, 0.25) is 0 Å². The van der Waals surface area contributed by atoms with Crippen molar-refractivity contribution in [2.24, 2.45) is 16.7 Å². The molecule has 0 aromatic carbocycles. The van der Waals surface area contributed by atoms with Gasteiger partial charge in [-0.25, -0.2) is 0 Å². The maximum absolute atomic E-state index is 5.89. The van der Waals surface area contributed by atoms with E-state index in [2.05, 4.69) is 20.8 Å². The molecule has 0 N–H and O–H groups in total. The van der Waals surface area contributed by atoms with Crippen LogP contribution in [0.5, 0.6) is 0 Å². The summed E-state index contributed by atoms with van der Waals surface area (Å²) in [4.78, 5) is 0. The minimum atomic E-state index is 0.300. The Morgan fingerprint density at radius 1 is 0.905 bits per heavy atom. The quantitative estimate of drug-likeness (QED) is 0.550. The summed E-state index contributed by atoms with van der Waals surface area (Å²) >= 11 is 0. The molecule has 0 aromatic heterocycles. The van der Waals surface area contributed by atoms with Crippen LogP contribution in [0.15, 0.2) is 0 Å². The summed E-state index contributed by atoms with van der Waals surface area (Å²) in [5, 5.41) is 0. The molecule has 2 aliphatic rings. The van der Waals surface area contributed by atoms with Gasteiger partial charge in [0.1, 0.15) is 0 Å². The van der Waals surface area contributed by atoms with Crippen molar-refractivity contribution in [3.63, 3.8) is 0 Å². The zero-order valence-corrected chi connectivity index (χ0v) is 14.0. The molecule has 0 aromatic rings. The normalized spacial score (nSPS) is 24.1. The average Bonchev–Trinajstić information content (AvgIpc) is 2.40. The Hall–Kier alpha value is -0.160. The van der Waals surface area contributed by atoms with E-state index >= 15 is 0 Å². The molecule has 0 bridgehead atoms. The van der Waals surface area contributed by atoms with Gasteiger partial charge in [0.05, 0.1) is 39.6 Å². The van der Waals surface area contributed by atoms with Gasteiger partial charge in [-0.3, -0.25) is 0 Å². The van der Waals surface area contributed by atoms with Crippen LogP contribution in [0.4, 0.5) is 0 Å². The SMILES string of the molecule is CCC1(COCCC(C)COCC2(CC)COC2)COC1. The summed E-state index contributed by atoms with van der Waals surface area (Å²) in [7, 11) is 0. The Labute approximate surface area is 129 Å². The first-order valence-corrected chi connectivity index (χ1v) is 8.45. The van der Waals surface area contributed by atoms with E-state index in [0.29, 0.717) is 16.7 Å². The van der Waals surface area contributed by atoms with Crippen LogP contribution in [0.1, 0.15) is 40.0 Å². The highest BCUT2D eigenvalue weighted by Gasteiger charge is 2.37. The molecule has 21 heavy (non-hydrogen) atoms. The highest BCUT2D eigenvalue weighted by Crippen LogP contribution is 2.32. The van der Waals surface area contributed by atoms with E-state index in [4.69, 9.17) is 18.9 Å². The van der Waals surface area contributed by atoms with Gasteiger partial charge in [-0.15, -0.1) is 0 Å². The van der Waals surface area contributed by atoms with Crippen LogP contribution >= 0.6 is 0 Å². The average molecular weight is 300 g/mol. The molecule has 0 spiro atoms. The minimum absolute atomic E-state index is 0.300. The summed E-state index contributed by atoms with van der Waals surface area (Å²) < 4.78 is 22.4. The maximum atomic E-state index is 5.89. The standard InChI is InChI=1S/C17H32O4/c1-4-16(11-20-12-16)9-18-7-6-15(3)8-19-10-17(5-2)13-21-14-17/h15H,4-14H2,1-3H3. The fourth-order valence-corrected chi connectivity index (χ4v) is 2.69. The van der Waals surface area contributed by atoms with Gasteiger partial charge in [0.25, 0.3) is 0 Å². The van der Waals surface area contributed by atoms with Crippen LogP contribution < -0.4 is 0 Å². The largest absolute Gasteiger partial charge is 0.381 e. The Morgan fingerprint density at radius 2 is 1.43 bits per heavy atom. The van der Waals surface area contributed by atoms with Crippen LogP contribution in [-0.4, -0.2) is 52.9 Å². The molecule has 2 fully saturated rings. The Kier molecular flexibility index (Phi) is 6.48. The molecular weight excluding hydrogens is 268 g/mol. The van der Waals surface area contributed by atoms with E-state index in [-0.39, 0.29) is 0 Å². The van der Waals surface area contributed by atoms with Crippen molar-refractivity contribution >= 4 is 0 Å². The van der Waals surface area contributed by atoms with Gasteiger partial charge in [0.15, 0.2) is 0 Å². The lowest BCUT2D eigenvalue weighted by Crippen LogP contribution is -2.46. The first-order valence-electron chi connectivity index (χ1n) is 8.45. The van der Waals surface area contributed by atoms with E-state index in [0.717, 1.165) is 72.1 Å². The van der Waals surface area contributed by atoms with Crippen molar-refractivity contribution in [1.82, 2.24) is 0 Å². The van der Waals surface area contributed by atoms with E-state index in [1.165, 1.54) is 0 Å². The summed E-state index contributed by atoms with van der Waals surface area (Å²) in [6.45, 7) is 13.5. The predicted molar refractivity (Wildman–Crippen MR) is 82.5 cm³/mol. The topological polar surface area (TPSA) is 36.9 Å². The molecule has 1 unspecified atom stereocenters. The lowest BCUT2D eigenvalue weighted by molar-refractivity contribution is -0.155. The van der Waals surface area contributed by atoms with Crippen LogP contribution in [0, 0.1) is 16.7 Å². The number of rotatable bonds is 11. The highest BCUT2D eigenvalue weighted by atomic mass is 16.5. The van der Waals surface area contributed by atoms with Crippen LogP contribution in [-0.2, 0) is 18.9 Å². The Morgan fingerprint density at radius 3 is 1.86 bits per heavy atom. The van der Waals surface area contributed by atoms with Crippen molar-refractivity contribution in [3.05, 3.63) is 0 Å². The van der Waals surface area contributed by atoms with Gasteiger partial charge in [-0.05, 0) is 25.2 Å². The van der Waals surface area contributed by atoms with Gasteiger partial charge in [0, 0.05) is 24.0 Å². The minimum Gasteiger partial charge on any atom is -0.381 e. The fourth-order valence-electron chi connectivity index (χ4n) is 2.69. The fraction of sp³-hybridized carbons (Fsp3) is 1.00. The predicted octanol–water partition coefficient (Wildman–Crippen LogP) is 2.90. The first-order chi connectivity index (χ1) is 10.1. The molecule has 2 saturated heterocycles. The van der Waals surface area contributed by atoms with Gasteiger partial charge in [-0.1, -0.05) is 20.8 Å². The first kappa shape index (κ1) is 17.2. The van der Waals surface area contributed by atoms with Crippen molar-refractivity contribution in [1.29, 1.82) is 0 Å². The van der Waals surface area contributed by atoms with E-state index in [9.17, 15) is 0 Å². The van der Waals surface area contributed by atoms with E-state index in [1.807, 2.05) is 0 Å². The van der Waals surface area contributed by atoms with Crippen molar-refractivity contribution in [3.8, 4) is 0 Å². The lowest BCUT2D eigenvalue weighted by atomic mass is 9.84. The second-order valence-corrected chi connectivity index (χ2v) is 7.15. The summed E-state index contributed by atoms with van der Waals surface area (Å²) in [5.41, 5.74) is 0.603. The molecule has 2 heterocycles. The Bertz CT molecular complexity index is 286. The third-order valence-electron chi connectivity index (χ3n) is 5.11. The van der Waals surface area contributed by atoms with E-state index < -0.39 is 0 Å². The van der Waals surface area contributed by atoms with Gasteiger partial charge < -0.3 is 18.9 Å². The smallest absolute Gasteiger partial charge is 0.0566 e. The number of hydrogen-bond acceptors (Lipinski definition) is 4. The molecule has 0 amide bonds. The zero-order valence-electron chi connectivity index (χ0n) is 14.0. The van der Waals surface area contributed by atoms with Crippen LogP contribution in [0.3, 0.4) is 0 Å². The summed E-state index contributed by atoms with van der Waals surface area (Å²) in [5.74, 6) is 0.551. The van der Waals surface area contributed by atoms with Gasteiger partial charge >= 0.3 is 0 Å². The molecule has 1 atom stereocenters. The van der Waals surface area contributed by atoms with Crippen molar-refractivity contribution < 1.29 is 18.9 Å². The monoisotopic (exact) mass is 300 g/mol. The molecule has 2 aliphatic heterocycles. The molecular formula is C17H32O4. The number of ether oxygens (including phenoxy) is 4. The van der Waals surface area contributed by atoms with Gasteiger partial charge in [-0.2, -0.15) is 0 Å². The number of hydrogen-bond donors (Lipinski definition) is 0. The summed E-state index contributed by atoms with van der Waals surface area (Å²) in [6, 6.07) is 0. The molecule has 124 valence electrons. The molecule has 4 nitrogen and oxygen atoms in total. The molecule has 0 aliphatic carbocycles. The second-order valence-electron chi connectivity index (χ2n) is 7.15. The van der Waals surface area contributed by atoms with Crippen molar-refractivity contribution in [2.75, 3.05) is 52.9 Å². The molecule has 2 rings (SSSR count). The third-order valence-corrected chi connectivity index (χ3v) is 5.11. The van der Waals surface area contributed by atoms with Crippen molar-refractivity contribution in [2.45, 2.75) is 40.0 Å². The molecule has 0 saturated carbocycles. The van der Waals surface area contributed by atoms with Gasteiger partial charge in [0.2, 0.25) is 0 Å². The highest BCUT2D eigenvalue weighted by molar-refractivity contribution is 4.84. The van der Waals surface area contributed by atoms with E-state index in [1.54, 1.807) is 0 Å². The molecule has 0 radical (unpaired) electrons. The molecule has 4 heteroatoms. The lowest BCUT2D eigenvalue weighted by Gasteiger charge is -2.40.